The van der Waals surface area contributed by atoms with Crippen molar-refractivity contribution in [2.24, 2.45) is 5.41 Å². The smallest absolute Gasteiger partial charge is 0.263 e. The number of likely N-dealkylation sites (tertiary alicyclic amines) is 1. The van der Waals surface area contributed by atoms with E-state index in [-0.39, 0.29) is 60.2 Å². The largest absolute Gasteiger partial charge is 0.391 e. The molecule has 71 heavy (non-hydrogen) atoms. The maximum Gasteiger partial charge on any atom is 0.263 e. The highest BCUT2D eigenvalue weighted by Gasteiger charge is 2.44. The van der Waals surface area contributed by atoms with Gasteiger partial charge in [-0.1, -0.05) is 70.7 Å². The second-order valence-electron chi connectivity index (χ2n) is 20.6. The highest BCUT2D eigenvalue weighted by molar-refractivity contribution is 7.13. The Kier molecular flexibility index (Phi) is 16.3. The number of ketones is 1. The standard InChI is InChI=1S/C53H69N11O6S/c1-33-41-30-56-52(60-48(41)64(38-13-10-11-14-38)50(69)45(33)35(3)65)58-43-21-20-39(29-54-43)62-25-23-61(24-26-62)22-12-8-7-9-15-44(67)59-47(53(4,5)6)51(70)63-31-40(66)27-42(63)49(68)55-28-36-16-18-37(19-17-36)46-34(2)57-32-71-46/h16-21,29-30,32,38,40,42,47,66H,7-15,22-28,31H2,1-6H3,(H,55,68)(H,59,67)(H,54,56,58,60)/t40-,42+,47?/m1/s1. The Balaban J connectivity index is 0.748. The quantitative estimate of drug-likeness (QED) is 0.0523. The molecule has 1 aliphatic carbocycles. The maximum absolute atomic E-state index is 14.1. The molecule has 4 N–H and O–H groups in total. The normalized spacial score (nSPS) is 18.2. The molecule has 4 aromatic heterocycles. The minimum Gasteiger partial charge on any atom is -0.391 e. The fourth-order valence-electron chi connectivity index (χ4n) is 10.3. The van der Waals surface area contributed by atoms with E-state index in [4.69, 9.17) is 4.98 Å². The first-order valence-corrected chi connectivity index (χ1v) is 26.1. The third-order valence-corrected chi connectivity index (χ3v) is 15.3. The first kappa shape index (κ1) is 51.3. The molecule has 378 valence electrons. The van der Waals surface area contributed by atoms with Crippen molar-refractivity contribution < 1.29 is 24.3 Å². The van der Waals surface area contributed by atoms with Gasteiger partial charge in [0.15, 0.2) is 5.78 Å². The van der Waals surface area contributed by atoms with E-state index in [1.54, 1.807) is 29.0 Å². The molecule has 8 rings (SSSR count). The van der Waals surface area contributed by atoms with Crippen molar-refractivity contribution in [1.82, 2.24) is 44.9 Å². The molecule has 3 fully saturated rings. The number of carbonyl (C=O) groups excluding carboxylic acids is 4. The molecule has 0 radical (unpaired) electrons. The van der Waals surface area contributed by atoms with E-state index < -0.39 is 23.6 Å². The van der Waals surface area contributed by atoms with Crippen LogP contribution in [0.25, 0.3) is 21.5 Å². The summed E-state index contributed by atoms with van der Waals surface area (Å²) >= 11 is 1.58. The lowest BCUT2D eigenvalue weighted by molar-refractivity contribution is -0.144. The van der Waals surface area contributed by atoms with Crippen LogP contribution in [0, 0.1) is 19.3 Å². The highest BCUT2D eigenvalue weighted by Crippen LogP contribution is 2.33. The summed E-state index contributed by atoms with van der Waals surface area (Å²) in [5, 5.41) is 20.5. The van der Waals surface area contributed by atoms with Crippen molar-refractivity contribution >= 4 is 63.3 Å². The summed E-state index contributed by atoms with van der Waals surface area (Å²) in [5.41, 5.74) is 6.27. The zero-order valence-corrected chi connectivity index (χ0v) is 42.8. The van der Waals surface area contributed by atoms with Gasteiger partial charge in [0.05, 0.1) is 39.6 Å². The van der Waals surface area contributed by atoms with Crippen LogP contribution >= 0.6 is 11.3 Å². The number of thiazole rings is 1. The zero-order chi connectivity index (χ0) is 50.4. The Labute approximate surface area is 419 Å². The number of nitrogens with one attached hydrogen (secondary N) is 3. The van der Waals surface area contributed by atoms with Gasteiger partial charge in [0.1, 0.15) is 23.5 Å². The number of anilines is 3. The lowest BCUT2D eigenvalue weighted by Crippen LogP contribution is -2.57. The van der Waals surface area contributed by atoms with Gasteiger partial charge in [0.25, 0.3) is 5.56 Å². The van der Waals surface area contributed by atoms with Crippen molar-refractivity contribution in [1.29, 1.82) is 0 Å². The van der Waals surface area contributed by atoms with Gasteiger partial charge < -0.3 is 30.9 Å². The fourth-order valence-corrected chi connectivity index (χ4v) is 11.1. The molecule has 0 spiro atoms. The third kappa shape index (κ3) is 12.2. The topological polar surface area (TPSA) is 208 Å². The molecule has 0 bridgehead atoms. The Morgan fingerprint density at radius 1 is 0.901 bits per heavy atom. The molecule has 1 aromatic carbocycles. The van der Waals surface area contributed by atoms with Crippen molar-refractivity contribution in [3.05, 3.63) is 87.0 Å². The Bertz CT molecular complexity index is 2760. The number of carbonyl (C=O) groups is 4. The highest BCUT2D eigenvalue weighted by atomic mass is 32.1. The number of hydrogen-bond donors (Lipinski definition) is 4. The minimum absolute atomic E-state index is 0.00170. The summed E-state index contributed by atoms with van der Waals surface area (Å²) in [6.07, 6.45) is 10.6. The van der Waals surface area contributed by atoms with Crippen LogP contribution < -0.4 is 26.4 Å². The van der Waals surface area contributed by atoms with Gasteiger partial charge in [-0.15, -0.1) is 11.3 Å². The molecule has 1 saturated carbocycles. The van der Waals surface area contributed by atoms with Crippen LogP contribution in [-0.4, -0.2) is 120 Å². The predicted molar refractivity (Wildman–Crippen MR) is 277 cm³/mol. The zero-order valence-electron chi connectivity index (χ0n) is 42.0. The Morgan fingerprint density at radius 2 is 1.63 bits per heavy atom. The van der Waals surface area contributed by atoms with Gasteiger partial charge in [-0.05, 0) is 87.2 Å². The Hall–Kier alpha value is -6.11. The summed E-state index contributed by atoms with van der Waals surface area (Å²) in [6.45, 7) is 15.8. The van der Waals surface area contributed by atoms with E-state index in [9.17, 15) is 29.1 Å². The number of β-amino-alcohol motifs (C(OH)–C–C–N with tert-alkyl or cyclic N) is 1. The number of nitrogens with zero attached hydrogens (tertiary/aromatic N) is 8. The molecule has 1 unspecified atom stereocenters. The van der Waals surface area contributed by atoms with E-state index in [0.29, 0.717) is 41.2 Å². The van der Waals surface area contributed by atoms with Crippen LogP contribution in [-0.2, 0) is 20.9 Å². The number of aliphatic hydroxyl groups is 1. The molecule has 2 aliphatic heterocycles. The molecule has 2 saturated heterocycles. The molecule has 3 atom stereocenters. The molecule has 5 aromatic rings. The summed E-state index contributed by atoms with van der Waals surface area (Å²) in [7, 11) is 0. The number of Topliss-reactive ketones (excluding diaryl/α,β-unsaturated/α-hetero) is 1. The first-order valence-electron chi connectivity index (χ1n) is 25.2. The molecule has 3 amide bonds. The molecular weight excluding hydrogens is 919 g/mol. The van der Waals surface area contributed by atoms with Crippen molar-refractivity contribution in [2.45, 2.75) is 137 Å². The van der Waals surface area contributed by atoms with Gasteiger partial charge >= 0.3 is 0 Å². The fraction of sp³-hybridized carbons (Fsp3) is 0.528. The number of hydrogen-bond acceptors (Lipinski definition) is 14. The van der Waals surface area contributed by atoms with Gasteiger partial charge in [-0.3, -0.25) is 33.4 Å². The number of aryl methyl sites for hydroxylation is 2. The van der Waals surface area contributed by atoms with Crippen LogP contribution in [0.2, 0.25) is 0 Å². The Morgan fingerprint density at radius 3 is 2.30 bits per heavy atom. The van der Waals surface area contributed by atoms with Crippen molar-refractivity contribution in [3.8, 4) is 10.4 Å². The number of aliphatic hydroxyl groups excluding tert-OH is 1. The van der Waals surface area contributed by atoms with Crippen LogP contribution in [0.4, 0.5) is 17.5 Å². The number of pyridine rings is 2. The number of amides is 3. The van der Waals surface area contributed by atoms with Crippen LogP contribution in [0.5, 0.6) is 0 Å². The average molecular weight is 988 g/mol. The van der Waals surface area contributed by atoms with Crippen molar-refractivity contribution in [3.63, 3.8) is 0 Å². The summed E-state index contributed by atoms with van der Waals surface area (Å²) < 4.78 is 1.71. The van der Waals surface area contributed by atoms with E-state index in [1.807, 2.05) is 75.8 Å². The van der Waals surface area contributed by atoms with E-state index in [2.05, 4.69) is 40.7 Å². The van der Waals surface area contributed by atoms with Gasteiger partial charge in [0.2, 0.25) is 23.7 Å². The number of unbranched alkanes of at least 4 members (excludes halogenated alkanes) is 3. The maximum atomic E-state index is 14.1. The van der Waals surface area contributed by atoms with Gasteiger partial charge in [-0.25, -0.2) is 15.0 Å². The number of rotatable bonds is 18. The first-order chi connectivity index (χ1) is 34.0. The monoisotopic (exact) mass is 988 g/mol. The molecule has 6 heterocycles. The van der Waals surface area contributed by atoms with Crippen LogP contribution in [0.3, 0.4) is 0 Å². The second kappa shape index (κ2) is 22.5. The van der Waals surface area contributed by atoms with Gasteiger partial charge in [0, 0.05) is 69.7 Å². The molecule has 18 heteroatoms. The summed E-state index contributed by atoms with van der Waals surface area (Å²) in [5.74, 6) is -0.206. The van der Waals surface area contributed by atoms with Gasteiger partial charge in [-0.2, -0.15) is 4.98 Å². The van der Waals surface area contributed by atoms with Crippen LogP contribution in [0.1, 0.15) is 125 Å². The van der Waals surface area contributed by atoms with E-state index in [1.165, 1.54) is 11.8 Å². The third-order valence-electron chi connectivity index (χ3n) is 14.3. The van der Waals surface area contributed by atoms with E-state index >= 15 is 0 Å². The molecule has 17 nitrogen and oxygen atoms in total. The SMILES string of the molecule is CC(=O)c1c(C)c2cnc(Nc3ccc(N4CCN(CCCCCCC(=O)NC(C(=O)N5C[C@H](O)C[C@H]5C(=O)NCc5ccc(-c6scnc6C)cc5)C(C)(C)C)CC4)cn3)nc2n(C2CCCC2)c1=O. The van der Waals surface area contributed by atoms with E-state index in [0.717, 1.165) is 105 Å². The average Bonchev–Trinajstić information content (AvgIpc) is 4.13. The molecule has 3 aliphatic rings. The van der Waals surface area contributed by atoms with Crippen LogP contribution in [0.15, 0.2) is 59.1 Å². The predicted octanol–water partition coefficient (Wildman–Crippen LogP) is 6.87. The van der Waals surface area contributed by atoms with Crippen molar-refractivity contribution in [2.75, 3.05) is 49.5 Å². The number of fused-ring (bicyclic) bond motifs is 1. The second-order valence-corrected chi connectivity index (χ2v) is 21.4. The minimum atomic E-state index is -0.856. The summed E-state index contributed by atoms with van der Waals surface area (Å²) in [6, 6.07) is 10.2. The number of piperazine rings is 1. The number of aromatic nitrogens is 5. The lowest BCUT2D eigenvalue weighted by Gasteiger charge is -2.36. The lowest BCUT2D eigenvalue weighted by atomic mass is 9.85. The molecular formula is C53H69N11O6S. The number of benzene rings is 1. The summed E-state index contributed by atoms with van der Waals surface area (Å²) in [4.78, 5) is 92.6.